The van der Waals surface area contributed by atoms with E-state index in [0.717, 1.165) is 44.5 Å². The second kappa shape index (κ2) is 6.96. The highest BCUT2D eigenvalue weighted by molar-refractivity contribution is 5.17. The Balaban J connectivity index is 2.04. The molecule has 106 valence electrons. The van der Waals surface area contributed by atoms with Gasteiger partial charge in [-0.05, 0) is 56.6 Å². The molecular weight excluding hydrogens is 246 g/mol. The van der Waals surface area contributed by atoms with Crippen LogP contribution in [0.4, 0.5) is 8.78 Å². The Morgan fingerprint density at radius 2 is 1.95 bits per heavy atom. The van der Waals surface area contributed by atoms with Crippen molar-refractivity contribution < 1.29 is 8.78 Å². The molecule has 4 heteroatoms. The first-order valence-corrected chi connectivity index (χ1v) is 7.09. The summed E-state index contributed by atoms with van der Waals surface area (Å²) in [5.41, 5.74) is 0.853. The van der Waals surface area contributed by atoms with Gasteiger partial charge in [-0.3, -0.25) is 4.90 Å². The number of benzene rings is 1. The van der Waals surface area contributed by atoms with Crippen LogP contribution < -0.4 is 5.32 Å². The van der Waals surface area contributed by atoms with Gasteiger partial charge in [-0.1, -0.05) is 13.0 Å². The van der Waals surface area contributed by atoms with Crippen molar-refractivity contribution in [3.63, 3.8) is 0 Å². The Bertz CT molecular complexity index is 403. The topological polar surface area (TPSA) is 15.3 Å². The molecule has 0 aliphatic carbocycles. The molecule has 0 saturated carbocycles. The molecule has 19 heavy (non-hydrogen) atoms. The maximum absolute atomic E-state index is 13.3. The molecule has 0 amide bonds. The molecule has 2 nitrogen and oxygen atoms in total. The molecule has 1 N–H and O–H groups in total. The zero-order valence-electron chi connectivity index (χ0n) is 11.5. The summed E-state index contributed by atoms with van der Waals surface area (Å²) in [5, 5.41) is 3.36. The Hall–Kier alpha value is -1.00. The number of hydrogen-bond acceptors (Lipinski definition) is 2. The standard InChI is InChI=1S/C15H22F2N2/c1-2-9-19(13-5-7-18-8-6-13)11-12-3-4-14(16)15(17)10-12/h3-4,10,13,18H,2,5-9,11H2,1H3. The molecule has 1 aromatic rings. The fourth-order valence-electron chi connectivity index (χ4n) is 2.72. The predicted molar refractivity (Wildman–Crippen MR) is 73.0 cm³/mol. The lowest BCUT2D eigenvalue weighted by molar-refractivity contribution is 0.154. The van der Waals surface area contributed by atoms with E-state index in [1.165, 1.54) is 12.1 Å². The van der Waals surface area contributed by atoms with E-state index in [4.69, 9.17) is 0 Å². The van der Waals surface area contributed by atoms with Gasteiger partial charge < -0.3 is 5.32 Å². The third-order valence-corrected chi connectivity index (χ3v) is 3.71. The van der Waals surface area contributed by atoms with Crippen LogP contribution >= 0.6 is 0 Å². The Kier molecular flexibility index (Phi) is 5.28. The quantitative estimate of drug-likeness (QED) is 0.883. The van der Waals surface area contributed by atoms with Crippen LogP contribution in [-0.2, 0) is 6.54 Å². The van der Waals surface area contributed by atoms with E-state index in [1.54, 1.807) is 6.07 Å². The van der Waals surface area contributed by atoms with Crippen LogP contribution in [0.3, 0.4) is 0 Å². The van der Waals surface area contributed by atoms with Crippen molar-refractivity contribution >= 4 is 0 Å². The lowest BCUT2D eigenvalue weighted by Gasteiger charge is -2.34. The van der Waals surface area contributed by atoms with E-state index in [0.29, 0.717) is 12.6 Å². The number of rotatable bonds is 5. The molecule has 0 spiro atoms. The average molecular weight is 268 g/mol. The number of hydrogen-bond donors (Lipinski definition) is 1. The number of nitrogens with one attached hydrogen (secondary N) is 1. The van der Waals surface area contributed by atoms with Gasteiger partial charge in [0, 0.05) is 12.6 Å². The third kappa shape index (κ3) is 3.98. The zero-order chi connectivity index (χ0) is 13.7. The molecule has 1 fully saturated rings. The van der Waals surface area contributed by atoms with E-state index in [2.05, 4.69) is 17.1 Å². The smallest absolute Gasteiger partial charge is 0.159 e. The molecule has 1 saturated heterocycles. The Labute approximate surface area is 113 Å². The Morgan fingerprint density at radius 1 is 1.21 bits per heavy atom. The number of piperidine rings is 1. The normalized spacial score (nSPS) is 17.1. The first kappa shape index (κ1) is 14.4. The molecular formula is C15H22F2N2. The minimum Gasteiger partial charge on any atom is -0.317 e. The van der Waals surface area contributed by atoms with Crippen molar-refractivity contribution in [3.8, 4) is 0 Å². The maximum Gasteiger partial charge on any atom is 0.159 e. The van der Waals surface area contributed by atoms with Crippen molar-refractivity contribution in [2.75, 3.05) is 19.6 Å². The zero-order valence-corrected chi connectivity index (χ0v) is 11.5. The van der Waals surface area contributed by atoms with Crippen LogP contribution in [0, 0.1) is 11.6 Å². The minimum atomic E-state index is -0.771. The summed E-state index contributed by atoms with van der Waals surface area (Å²) < 4.78 is 26.2. The fraction of sp³-hybridized carbons (Fsp3) is 0.600. The first-order chi connectivity index (χ1) is 9.20. The van der Waals surface area contributed by atoms with Crippen LogP contribution in [-0.4, -0.2) is 30.6 Å². The second-order valence-electron chi connectivity index (χ2n) is 5.20. The predicted octanol–water partition coefficient (Wildman–Crippen LogP) is 2.93. The highest BCUT2D eigenvalue weighted by Gasteiger charge is 2.20. The van der Waals surface area contributed by atoms with Crippen LogP contribution in [0.5, 0.6) is 0 Å². The third-order valence-electron chi connectivity index (χ3n) is 3.71. The fourth-order valence-corrected chi connectivity index (χ4v) is 2.72. The number of nitrogens with zero attached hydrogens (tertiary/aromatic N) is 1. The van der Waals surface area contributed by atoms with Gasteiger partial charge in [0.2, 0.25) is 0 Å². The van der Waals surface area contributed by atoms with Gasteiger partial charge in [-0.15, -0.1) is 0 Å². The molecule has 0 unspecified atom stereocenters. The van der Waals surface area contributed by atoms with Gasteiger partial charge in [-0.2, -0.15) is 0 Å². The molecule has 0 bridgehead atoms. The van der Waals surface area contributed by atoms with Gasteiger partial charge in [-0.25, -0.2) is 8.78 Å². The van der Waals surface area contributed by atoms with E-state index >= 15 is 0 Å². The summed E-state index contributed by atoms with van der Waals surface area (Å²) in [7, 11) is 0. The Morgan fingerprint density at radius 3 is 2.58 bits per heavy atom. The summed E-state index contributed by atoms with van der Waals surface area (Å²) in [6, 6.07) is 4.77. The van der Waals surface area contributed by atoms with Crippen molar-refractivity contribution in [3.05, 3.63) is 35.4 Å². The van der Waals surface area contributed by atoms with Crippen molar-refractivity contribution in [1.82, 2.24) is 10.2 Å². The van der Waals surface area contributed by atoms with Crippen LogP contribution in [0.2, 0.25) is 0 Å². The van der Waals surface area contributed by atoms with Gasteiger partial charge in [0.25, 0.3) is 0 Å². The maximum atomic E-state index is 13.3. The van der Waals surface area contributed by atoms with Gasteiger partial charge in [0.05, 0.1) is 0 Å². The molecule has 1 aromatic carbocycles. The van der Waals surface area contributed by atoms with Crippen molar-refractivity contribution in [2.45, 2.75) is 38.8 Å². The molecule has 2 rings (SSSR count). The average Bonchev–Trinajstić information content (AvgIpc) is 2.43. The van der Waals surface area contributed by atoms with Crippen molar-refractivity contribution in [1.29, 1.82) is 0 Å². The highest BCUT2D eigenvalue weighted by Crippen LogP contribution is 2.17. The van der Waals surface area contributed by atoms with Crippen LogP contribution in [0.1, 0.15) is 31.7 Å². The molecule has 0 atom stereocenters. The SMILES string of the molecule is CCCN(Cc1ccc(F)c(F)c1)C1CCNCC1. The van der Waals surface area contributed by atoms with Gasteiger partial charge >= 0.3 is 0 Å². The lowest BCUT2D eigenvalue weighted by atomic mass is 10.0. The largest absolute Gasteiger partial charge is 0.317 e. The van der Waals surface area contributed by atoms with E-state index in [1.807, 2.05) is 0 Å². The van der Waals surface area contributed by atoms with Crippen LogP contribution in [0.15, 0.2) is 18.2 Å². The summed E-state index contributed by atoms with van der Waals surface area (Å²) in [5.74, 6) is -1.52. The molecule has 1 aliphatic heterocycles. The summed E-state index contributed by atoms with van der Waals surface area (Å²) in [4.78, 5) is 2.40. The first-order valence-electron chi connectivity index (χ1n) is 7.09. The summed E-state index contributed by atoms with van der Waals surface area (Å²) in [6.45, 7) is 5.95. The second-order valence-corrected chi connectivity index (χ2v) is 5.20. The highest BCUT2D eigenvalue weighted by atomic mass is 19.2. The molecule has 1 aliphatic rings. The van der Waals surface area contributed by atoms with E-state index in [-0.39, 0.29) is 0 Å². The molecule has 1 heterocycles. The van der Waals surface area contributed by atoms with Crippen LogP contribution in [0.25, 0.3) is 0 Å². The minimum absolute atomic E-state index is 0.550. The number of halogens is 2. The molecule has 0 aromatic heterocycles. The molecule has 0 radical (unpaired) electrons. The van der Waals surface area contributed by atoms with Crippen molar-refractivity contribution in [2.24, 2.45) is 0 Å². The van der Waals surface area contributed by atoms with E-state index < -0.39 is 11.6 Å². The van der Waals surface area contributed by atoms with Gasteiger partial charge in [0.1, 0.15) is 0 Å². The summed E-state index contributed by atoms with van der Waals surface area (Å²) in [6.07, 6.45) is 3.33. The monoisotopic (exact) mass is 268 g/mol. The lowest BCUT2D eigenvalue weighted by Crippen LogP contribution is -2.43. The van der Waals surface area contributed by atoms with E-state index in [9.17, 15) is 8.78 Å². The van der Waals surface area contributed by atoms with Gasteiger partial charge in [0.15, 0.2) is 11.6 Å². The summed E-state index contributed by atoms with van der Waals surface area (Å²) >= 11 is 0.